The lowest BCUT2D eigenvalue weighted by molar-refractivity contribution is -0.384. The molecule has 0 spiro atoms. The number of furan rings is 1. The Hall–Kier alpha value is -2.38. The van der Waals surface area contributed by atoms with Gasteiger partial charge >= 0.3 is 0 Å². The van der Waals surface area contributed by atoms with Crippen LogP contribution < -0.4 is 0 Å². The fourth-order valence-corrected chi connectivity index (χ4v) is 2.46. The van der Waals surface area contributed by atoms with Crippen LogP contribution in [0.2, 0.25) is 5.02 Å². The Morgan fingerprint density at radius 2 is 2.04 bits per heavy atom. The van der Waals surface area contributed by atoms with Crippen molar-refractivity contribution in [1.82, 2.24) is 5.01 Å². The van der Waals surface area contributed by atoms with Crippen LogP contribution in [0, 0.1) is 10.1 Å². The van der Waals surface area contributed by atoms with Crippen molar-refractivity contribution in [2.75, 3.05) is 26.3 Å². The fraction of sp³-hybridized carbons (Fsp3) is 0.267. The molecule has 1 aromatic heterocycles. The maximum Gasteiger partial charge on any atom is 0.270 e. The highest BCUT2D eigenvalue weighted by Gasteiger charge is 2.13. The Balaban J connectivity index is 1.76. The molecule has 23 heavy (non-hydrogen) atoms. The zero-order valence-electron chi connectivity index (χ0n) is 12.1. The summed E-state index contributed by atoms with van der Waals surface area (Å²) in [6, 6.07) is 7.80. The van der Waals surface area contributed by atoms with Gasteiger partial charge in [0.15, 0.2) is 0 Å². The number of non-ortho nitro benzene ring substituents is 1. The van der Waals surface area contributed by atoms with Crippen molar-refractivity contribution in [1.29, 1.82) is 0 Å². The Morgan fingerprint density at radius 1 is 1.26 bits per heavy atom. The molecular formula is C15H14ClN3O4. The second-order valence-electron chi connectivity index (χ2n) is 4.93. The van der Waals surface area contributed by atoms with E-state index in [1.54, 1.807) is 24.4 Å². The van der Waals surface area contributed by atoms with Gasteiger partial charge in [-0.3, -0.25) is 15.1 Å². The molecule has 8 heteroatoms. The van der Waals surface area contributed by atoms with E-state index < -0.39 is 4.92 Å². The van der Waals surface area contributed by atoms with Crippen LogP contribution in [-0.2, 0) is 4.74 Å². The van der Waals surface area contributed by atoms with Gasteiger partial charge in [0.05, 0.1) is 42.5 Å². The molecule has 2 heterocycles. The predicted octanol–water partition coefficient (Wildman–Crippen LogP) is 3.17. The van der Waals surface area contributed by atoms with Gasteiger partial charge in [0, 0.05) is 17.7 Å². The highest BCUT2D eigenvalue weighted by molar-refractivity contribution is 6.33. The van der Waals surface area contributed by atoms with Crippen molar-refractivity contribution >= 4 is 23.5 Å². The maximum absolute atomic E-state index is 10.7. The Kier molecular flexibility index (Phi) is 4.59. The number of nitro benzene ring substituents is 1. The van der Waals surface area contributed by atoms with Gasteiger partial charge in [0.25, 0.3) is 5.69 Å². The van der Waals surface area contributed by atoms with E-state index in [0.29, 0.717) is 30.3 Å². The van der Waals surface area contributed by atoms with E-state index in [2.05, 4.69) is 5.10 Å². The molecule has 0 bridgehead atoms. The van der Waals surface area contributed by atoms with Crippen LogP contribution in [0.25, 0.3) is 11.3 Å². The van der Waals surface area contributed by atoms with E-state index in [9.17, 15) is 10.1 Å². The number of morpholine rings is 1. The summed E-state index contributed by atoms with van der Waals surface area (Å²) < 4.78 is 10.9. The first-order chi connectivity index (χ1) is 11.1. The van der Waals surface area contributed by atoms with Crippen molar-refractivity contribution in [3.05, 3.63) is 51.2 Å². The Bertz CT molecular complexity index is 738. The van der Waals surface area contributed by atoms with Gasteiger partial charge < -0.3 is 9.15 Å². The van der Waals surface area contributed by atoms with E-state index in [1.165, 1.54) is 12.1 Å². The molecule has 0 saturated carbocycles. The fourth-order valence-electron chi connectivity index (χ4n) is 2.19. The van der Waals surface area contributed by atoms with Crippen LogP contribution in [0.15, 0.2) is 39.9 Å². The summed E-state index contributed by atoms with van der Waals surface area (Å²) >= 11 is 6.10. The van der Waals surface area contributed by atoms with Gasteiger partial charge in [-0.2, -0.15) is 5.10 Å². The van der Waals surface area contributed by atoms with E-state index in [4.69, 9.17) is 20.8 Å². The first-order valence-electron chi connectivity index (χ1n) is 7.04. The minimum atomic E-state index is -0.488. The third-order valence-corrected chi connectivity index (χ3v) is 3.70. The minimum absolute atomic E-state index is 0.0561. The molecular weight excluding hydrogens is 322 g/mol. The molecule has 1 aromatic carbocycles. The summed E-state index contributed by atoms with van der Waals surface area (Å²) in [4.78, 5) is 10.2. The summed E-state index contributed by atoms with van der Waals surface area (Å²) in [6.07, 6.45) is 1.63. The molecule has 3 rings (SSSR count). The number of hydrazone groups is 1. The van der Waals surface area contributed by atoms with Gasteiger partial charge in [0.2, 0.25) is 0 Å². The second kappa shape index (κ2) is 6.80. The second-order valence-corrected chi connectivity index (χ2v) is 5.34. The van der Waals surface area contributed by atoms with E-state index in [1.807, 2.05) is 5.01 Å². The predicted molar refractivity (Wildman–Crippen MR) is 85.8 cm³/mol. The van der Waals surface area contributed by atoms with Crippen LogP contribution in [-0.4, -0.2) is 42.5 Å². The lowest BCUT2D eigenvalue weighted by Crippen LogP contribution is -2.32. The largest absolute Gasteiger partial charge is 0.455 e. The van der Waals surface area contributed by atoms with Crippen LogP contribution in [0.4, 0.5) is 5.69 Å². The molecule has 1 fully saturated rings. The number of hydrogen-bond donors (Lipinski definition) is 0. The monoisotopic (exact) mass is 335 g/mol. The van der Waals surface area contributed by atoms with Crippen molar-refractivity contribution in [3.8, 4) is 11.3 Å². The quantitative estimate of drug-likeness (QED) is 0.487. The third-order valence-electron chi connectivity index (χ3n) is 3.39. The molecule has 1 aliphatic heterocycles. The Morgan fingerprint density at radius 3 is 2.74 bits per heavy atom. The summed E-state index contributed by atoms with van der Waals surface area (Å²) in [6.45, 7) is 2.83. The molecule has 0 unspecified atom stereocenters. The molecule has 120 valence electrons. The zero-order chi connectivity index (χ0) is 16.2. The Labute approximate surface area is 137 Å². The van der Waals surface area contributed by atoms with Crippen LogP contribution >= 0.6 is 11.6 Å². The molecule has 0 amide bonds. The van der Waals surface area contributed by atoms with Gasteiger partial charge in [-0.1, -0.05) is 11.6 Å². The normalized spacial score (nSPS) is 15.3. The molecule has 1 aliphatic rings. The summed E-state index contributed by atoms with van der Waals surface area (Å²) in [5, 5.41) is 17.2. The van der Waals surface area contributed by atoms with Crippen molar-refractivity contribution in [2.45, 2.75) is 0 Å². The molecule has 2 aromatic rings. The number of rotatable bonds is 4. The number of halogens is 1. The number of benzene rings is 1. The van der Waals surface area contributed by atoms with Gasteiger partial charge in [-0.15, -0.1) is 0 Å². The lowest BCUT2D eigenvalue weighted by Gasteiger charge is -2.23. The van der Waals surface area contributed by atoms with Gasteiger partial charge in [0.1, 0.15) is 11.5 Å². The third kappa shape index (κ3) is 3.69. The van der Waals surface area contributed by atoms with Crippen molar-refractivity contribution < 1.29 is 14.1 Å². The standard InChI is InChI=1S/C15H14ClN3O4/c16-14-9-11(19(20)21)1-3-13(14)15-4-2-12(23-15)10-17-18-5-7-22-8-6-18/h1-4,9-10H,5-8H2/b17-10+. The number of ether oxygens (including phenoxy) is 1. The lowest BCUT2D eigenvalue weighted by atomic mass is 10.1. The number of nitrogens with zero attached hydrogens (tertiary/aromatic N) is 3. The average molecular weight is 336 g/mol. The molecule has 0 N–H and O–H groups in total. The summed E-state index contributed by atoms with van der Waals surface area (Å²) in [5.74, 6) is 1.12. The zero-order valence-corrected chi connectivity index (χ0v) is 12.9. The van der Waals surface area contributed by atoms with Gasteiger partial charge in [-0.05, 0) is 18.2 Å². The first kappa shape index (κ1) is 15.5. The molecule has 1 saturated heterocycles. The van der Waals surface area contributed by atoms with E-state index in [0.717, 1.165) is 13.1 Å². The maximum atomic E-state index is 10.7. The minimum Gasteiger partial charge on any atom is -0.455 e. The van der Waals surface area contributed by atoms with E-state index in [-0.39, 0.29) is 10.7 Å². The highest BCUT2D eigenvalue weighted by atomic mass is 35.5. The number of nitro groups is 1. The topological polar surface area (TPSA) is 81.1 Å². The summed E-state index contributed by atoms with van der Waals surface area (Å²) in [5.41, 5.74) is 0.544. The van der Waals surface area contributed by atoms with Crippen molar-refractivity contribution in [3.63, 3.8) is 0 Å². The molecule has 0 aliphatic carbocycles. The van der Waals surface area contributed by atoms with Crippen LogP contribution in [0.1, 0.15) is 5.76 Å². The van der Waals surface area contributed by atoms with Crippen LogP contribution in [0.3, 0.4) is 0 Å². The molecule has 7 nitrogen and oxygen atoms in total. The molecule has 0 radical (unpaired) electrons. The van der Waals surface area contributed by atoms with Crippen molar-refractivity contribution in [2.24, 2.45) is 5.10 Å². The highest BCUT2D eigenvalue weighted by Crippen LogP contribution is 2.32. The number of hydrogen-bond acceptors (Lipinski definition) is 6. The summed E-state index contributed by atoms with van der Waals surface area (Å²) in [7, 11) is 0. The molecule has 0 atom stereocenters. The van der Waals surface area contributed by atoms with Gasteiger partial charge in [-0.25, -0.2) is 0 Å². The van der Waals surface area contributed by atoms with Crippen LogP contribution in [0.5, 0.6) is 0 Å². The first-order valence-corrected chi connectivity index (χ1v) is 7.42. The van der Waals surface area contributed by atoms with E-state index >= 15 is 0 Å². The SMILES string of the molecule is O=[N+]([O-])c1ccc(-c2ccc(/C=N/N3CCOCC3)o2)c(Cl)c1. The smallest absolute Gasteiger partial charge is 0.270 e. The average Bonchev–Trinajstić information content (AvgIpc) is 3.02.